The van der Waals surface area contributed by atoms with Gasteiger partial charge in [-0.3, -0.25) is 9.88 Å². The van der Waals surface area contributed by atoms with E-state index in [0.29, 0.717) is 71.1 Å². The minimum Gasteiger partial charge on any atom is -0.508 e. The molecule has 4 aliphatic rings. The SMILES string of the molecule is C#Cc1cccc2cc(O)cc(-c3ncc4c(N5C[C@H]6CC[C@@H](C5)N6)nc(OC[C@@]56CC(=C)CN5C[C@@H](F)C6)nc4c3F)c12. The molecular weight excluding hydrogens is 562 g/mol. The largest absolute Gasteiger partial charge is 0.508 e. The van der Waals surface area contributed by atoms with Crippen LogP contribution in [0.5, 0.6) is 11.8 Å². The topological polar surface area (TPSA) is 86.6 Å². The highest BCUT2D eigenvalue weighted by Crippen LogP contribution is 2.43. The number of phenols is 1. The maximum atomic E-state index is 16.8. The van der Waals surface area contributed by atoms with Gasteiger partial charge in [-0.05, 0) is 42.8 Å². The number of hydrogen-bond donors (Lipinski definition) is 2. The smallest absolute Gasteiger partial charge is 0.319 e. The second kappa shape index (κ2) is 10.1. The Kier molecular flexibility index (Phi) is 6.26. The lowest BCUT2D eigenvalue weighted by molar-refractivity contribution is 0.107. The van der Waals surface area contributed by atoms with Crippen molar-refractivity contribution < 1.29 is 18.6 Å². The van der Waals surface area contributed by atoms with Crippen molar-refractivity contribution in [2.45, 2.75) is 49.5 Å². The van der Waals surface area contributed by atoms with Crippen molar-refractivity contribution in [2.75, 3.05) is 37.7 Å². The molecule has 0 spiro atoms. The Morgan fingerprint density at radius 3 is 2.80 bits per heavy atom. The summed E-state index contributed by atoms with van der Waals surface area (Å²) >= 11 is 0. The average Bonchev–Trinajstić information content (AvgIpc) is 3.61. The van der Waals surface area contributed by atoms with Crippen LogP contribution in [-0.4, -0.2) is 81.5 Å². The third-order valence-electron chi connectivity index (χ3n) is 9.69. The predicted octanol–water partition coefficient (Wildman–Crippen LogP) is 4.73. The molecule has 0 aliphatic carbocycles. The number of rotatable bonds is 5. The second-order valence-corrected chi connectivity index (χ2v) is 12.7. The van der Waals surface area contributed by atoms with Gasteiger partial charge in [0.15, 0.2) is 5.82 Å². The highest BCUT2D eigenvalue weighted by Gasteiger charge is 2.50. The molecule has 0 amide bonds. The Balaban J connectivity index is 1.26. The van der Waals surface area contributed by atoms with Gasteiger partial charge in [-0.2, -0.15) is 9.97 Å². The minimum atomic E-state index is -0.938. The van der Waals surface area contributed by atoms with Crippen molar-refractivity contribution in [1.29, 1.82) is 0 Å². The molecule has 0 unspecified atom stereocenters. The van der Waals surface area contributed by atoms with Crippen LogP contribution in [0.3, 0.4) is 0 Å². The maximum Gasteiger partial charge on any atom is 0.319 e. The van der Waals surface area contributed by atoms with Crippen molar-refractivity contribution in [3.63, 3.8) is 0 Å². The quantitative estimate of drug-likeness (QED) is 0.253. The van der Waals surface area contributed by atoms with Gasteiger partial charge in [0.05, 0.1) is 10.9 Å². The number of anilines is 1. The number of piperazine rings is 1. The molecule has 4 atom stereocenters. The van der Waals surface area contributed by atoms with Crippen molar-refractivity contribution >= 4 is 27.5 Å². The number of phenolic OH excluding ortho intramolecular Hbond substituents is 1. The summed E-state index contributed by atoms with van der Waals surface area (Å²) in [6.45, 7) is 6.73. The van der Waals surface area contributed by atoms with Gasteiger partial charge >= 0.3 is 6.01 Å². The van der Waals surface area contributed by atoms with E-state index in [2.05, 4.69) is 37.6 Å². The van der Waals surface area contributed by atoms with Crippen LogP contribution >= 0.6 is 0 Å². The van der Waals surface area contributed by atoms with Crippen molar-refractivity contribution in [3.05, 3.63) is 60.1 Å². The molecule has 44 heavy (non-hydrogen) atoms. The summed E-state index contributed by atoms with van der Waals surface area (Å²) in [6, 6.07) is 9.12. The van der Waals surface area contributed by atoms with E-state index in [-0.39, 0.29) is 29.6 Å². The van der Waals surface area contributed by atoms with Gasteiger partial charge in [0.25, 0.3) is 0 Å². The number of pyridine rings is 1. The predicted molar refractivity (Wildman–Crippen MR) is 165 cm³/mol. The van der Waals surface area contributed by atoms with Crippen LogP contribution in [0.1, 0.15) is 31.2 Å². The third kappa shape index (κ3) is 4.37. The van der Waals surface area contributed by atoms with Gasteiger partial charge in [-0.1, -0.05) is 30.2 Å². The fourth-order valence-electron chi connectivity index (χ4n) is 7.85. The lowest BCUT2D eigenvalue weighted by atomic mass is 9.93. The molecule has 224 valence electrons. The summed E-state index contributed by atoms with van der Waals surface area (Å²) in [4.78, 5) is 18.2. The van der Waals surface area contributed by atoms with Gasteiger partial charge in [0.2, 0.25) is 0 Å². The zero-order valence-corrected chi connectivity index (χ0v) is 24.2. The molecule has 6 heterocycles. The number of alkyl halides is 1. The molecule has 4 saturated heterocycles. The zero-order chi connectivity index (χ0) is 30.2. The summed E-state index contributed by atoms with van der Waals surface area (Å²) in [6.07, 6.45) is 9.59. The Hall–Kier alpha value is -4.33. The number of ether oxygens (including phenoxy) is 1. The van der Waals surface area contributed by atoms with E-state index in [9.17, 15) is 9.50 Å². The molecule has 4 fully saturated rings. The van der Waals surface area contributed by atoms with E-state index in [1.54, 1.807) is 24.4 Å². The Bertz CT molecular complexity index is 1880. The van der Waals surface area contributed by atoms with Crippen LogP contribution in [0.15, 0.2) is 48.7 Å². The monoisotopic (exact) mass is 594 g/mol. The summed E-state index contributed by atoms with van der Waals surface area (Å²) in [5, 5.41) is 15.9. The Morgan fingerprint density at radius 1 is 1.18 bits per heavy atom. The van der Waals surface area contributed by atoms with Crippen LogP contribution in [-0.2, 0) is 0 Å². The molecular formula is C34H32F2N6O2. The molecule has 2 aromatic carbocycles. The van der Waals surface area contributed by atoms with Crippen LogP contribution in [0, 0.1) is 18.2 Å². The van der Waals surface area contributed by atoms with Gasteiger partial charge < -0.3 is 20.1 Å². The van der Waals surface area contributed by atoms with Crippen LogP contribution in [0.25, 0.3) is 32.9 Å². The molecule has 8 nitrogen and oxygen atoms in total. The second-order valence-electron chi connectivity index (χ2n) is 12.7. The lowest BCUT2D eigenvalue weighted by Gasteiger charge is -2.34. The first-order chi connectivity index (χ1) is 21.3. The van der Waals surface area contributed by atoms with E-state index >= 15 is 4.39 Å². The fraction of sp³-hybridized carbons (Fsp3) is 0.382. The van der Waals surface area contributed by atoms with Crippen LogP contribution in [0.4, 0.5) is 14.6 Å². The normalized spacial score (nSPS) is 26.4. The summed E-state index contributed by atoms with van der Waals surface area (Å²) in [5.74, 6) is 2.54. The molecule has 8 rings (SSSR count). The van der Waals surface area contributed by atoms with Gasteiger partial charge in [-0.25, -0.2) is 8.78 Å². The van der Waals surface area contributed by atoms with E-state index in [4.69, 9.17) is 16.1 Å². The molecule has 2 aromatic heterocycles. The maximum absolute atomic E-state index is 16.8. The molecule has 2 bridgehead atoms. The highest BCUT2D eigenvalue weighted by atomic mass is 19.1. The molecule has 10 heteroatoms. The number of aromatic nitrogens is 3. The number of nitrogens with one attached hydrogen (secondary N) is 1. The molecule has 0 radical (unpaired) electrons. The molecule has 2 N–H and O–H groups in total. The zero-order valence-electron chi connectivity index (χ0n) is 24.2. The first kappa shape index (κ1) is 27.2. The van der Waals surface area contributed by atoms with Crippen molar-refractivity contribution in [2.24, 2.45) is 0 Å². The highest BCUT2D eigenvalue weighted by molar-refractivity contribution is 6.02. The van der Waals surface area contributed by atoms with E-state index in [1.165, 1.54) is 6.07 Å². The molecule has 4 aliphatic heterocycles. The number of nitrogens with zero attached hydrogens (tertiary/aromatic N) is 5. The number of hydrogen-bond acceptors (Lipinski definition) is 8. The fourth-order valence-corrected chi connectivity index (χ4v) is 7.85. The van der Waals surface area contributed by atoms with E-state index in [1.807, 2.05) is 6.07 Å². The third-order valence-corrected chi connectivity index (χ3v) is 9.69. The Labute approximate surface area is 253 Å². The summed E-state index contributed by atoms with van der Waals surface area (Å²) in [7, 11) is 0. The van der Waals surface area contributed by atoms with E-state index in [0.717, 1.165) is 31.5 Å². The Morgan fingerprint density at radius 2 is 2.00 bits per heavy atom. The van der Waals surface area contributed by atoms with Crippen LogP contribution < -0.4 is 15.0 Å². The summed E-state index contributed by atoms with van der Waals surface area (Å²) < 4.78 is 37.5. The standard InChI is InChI=1S/C34H32F2N6O2/c1-3-20-5-4-6-21-9-25(43)10-26(28(20)21)30-29(36)31-27(13-37-30)32(41-16-23-7-8-24(17-41)38-23)40-33(39-31)44-18-34-11-19(2)14-42(34)15-22(35)12-34/h1,4-6,9-10,13,22-24,38,43H,2,7-8,11-12,14-18H2/t22-,23-,24+,34-/m0/s1. The van der Waals surface area contributed by atoms with Gasteiger partial charge in [0.1, 0.15) is 35.6 Å². The summed E-state index contributed by atoms with van der Waals surface area (Å²) in [5.41, 5.74) is 1.54. The number of benzene rings is 2. The minimum absolute atomic E-state index is 0.0185. The van der Waals surface area contributed by atoms with E-state index < -0.39 is 17.5 Å². The van der Waals surface area contributed by atoms with Crippen molar-refractivity contribution in [1.82, 2.24) is 25.2 Å². The van der Waals surface area contributed by atoms with Crippen LogP contribution in [0.2, 0.25) is 0 Å². The number of aromatic hydroxyl groups is 1. The van der Waals surface area contributed by atoms with Gasteiger partial charge in [-0.15, -0.1) is 6.42 Å². The number of terminal acetylenes is 1. The first-order valence-electron chi connectivity index (χ1n) is 15.1. The average molecular weight is 595 g/mol. The van der Waals surface area contributed by atoms with Crippen molar-refractivity contribution in [3.8, 4) is 35.4 Å². The van der Waals surface area contributed by atoms with Gasteiger partial charge in [0, 0.05) is 67.4 Å². The number of fused-ring (bicyclic) bond motifs is 5. The molecule has 0 saturated carbocycles. The number of halogens is 2. The lowest BCUT2D eigenvalue weighted by Crippen LogP contribution is -2.51. The first-order valence-corrected chi connectivity index (χ1v) is 15.1. The molecule has 4 aromatic rings.